The fraction of sp³-hybridized carbons (Fsp3) is 0.333. The van der Waals surface area contributed by atoms with Crippen molar-refractivity contribution in [2.24, 2.45) is 0 Å². The highest BCUT2D eigenvalue weighted by molar-refractivity contribution is 5.91. The lowest BCUT2D eigenvalue weighted by molar-refractivity contribution is -0.301. The lowest BCUT2D eigenvalue weighted by atomic mass is 9.99. The second kappa shape index (κ2) is 6.09. The first-order chi connectivity index (χ1) is 14.1. The Bertz CT molecular complexity index is 1260. The van der Waals surface area contributed by atoms with Gasteiger partial charge in [-0.1, -0.05) is 12.1 Å². The number of nitrogens with one attached hydrogen (secondary N) is 1. The normalized spacial score (nSPS) is 19.8. The molecule has 0 saturated heterocycles. The number of nitrogens with zero attached hydrogens (tertiary/aromatic N) is 6. The third kappa shape index (κ3) is 2.70. The third-order valence-corrected chi connectivity index (χ3v) is 5.11. The van der Waals surface area contributed by atoms with Crippen LogP contribution < -0.4 is 5.32 Å². The van der Waals surface area contributed by atoms with Gasteiger partial charge in [0.25, 0.3) is 0 Å². The summed E-state index contributed by atoms with van der Waals surface area (Å²) in [5, 5.41) is 11.9. The third-order valence-electron chi connectivity index (χ3n) is 5.11. The lowest BCUT2D eigenvalue weighted by Crippen LogP contribution is -2.48. The molecule has 4 heterocycles. The van der Waals surface area contributed by atoms with Crippen LogP contribution in [0.1, 0.15) is 19.4 Å². The van der Waals surface area contributed by atoms with E-state index in [1.54, 1.807) is 12.1 Å². The Morgan fingerprint density at radius 1 is 1.10 bits per heavy atom. The molecule has 0 saturated carbocycles. The highest BCUT2D eigenvalue weighted by atomic mass is 19.4. The fourth-order valence-corrected chi connectivity index (χ4v) is 3.67. The van der Waals surface area contributed by atoms with Crippen LogP contribution in [-0.2, 0) is 0 Å². The molecule has 3 aromatic heterocycles. The van der Waals surface area contributed by atoms with Crippen LogP contribution in [-0.4, -0.2) is 47.5 Å². The second-order valence-electron chi connectivity index (χ2n) is 7.24. The van der Waals surface area contributed by atoms with E-state index in [0.717, 1.165) is 5.39 Å². The van der Waals surface area contributed by atoms with Gasteiger partial charge in [0.05, 0.1) is 5.52 Å². The second-order valence-corrected chi connectivity index (χ2v) is 7.24. The monoisotopic (exact) mass is 423 g/mol. The molecule has 4 aromatic rings. The van der Waals surface area contributed by atoms with Crippen molar-refractivity contribution in [2.75, 3.05) is 5.32 Å². The highest BCUT2D eigenvalue weighted by Crippen LogP contribution is 2.48. The molecule has 30 heavy (non-hydrogen) atoms. The summed E-state index contributed by atoms with van der Waals surface area (Å²) in [6.07, 6.45) is -4.68. The minimum Gasteiger partial charge on any atom is -0.368 e. The molecule has 2 atom stereocenters. The molecule has 0 aliphatic carbocycles. The van der Waals surface area contributed by atoms with Crippen LogP contribution in [0.4, 0.5) is 27.8 Å². The van der Waals surface area contributed by atoms with Gasteiger partial charge in [-0.25, -0.2) is 19.2 Å². The summed E-state index contributed by atoms with van der Waals surface area (Å²) in [6.45, 7) is 1.54. The van der Waals surface area contributed by atoms with E-state index in [-0.39, 0.29) is 17.3 Å². The van der Waals surface area contributed by atoms with Crippen molar-refractivity contribution in [3.8, 4) is 11.5 Å². The Hall–Kier alpha value is -3.31. The van der Waals surface area contributed by atoms with Gasteiger partial charge >= 0.3 is 12.1 Å². The van der Waals surface area contributed by atoms with E-state index in [0.29, 0.717) is 15.8 Å². The number of rotatable bonds is 2. The molecule has 0 amide bonds. The molecule has 5 rings (SSSR count). The van der Waals surface area contributed by atoms with Gasteiger partial charge in [-0.2, -0.15) is 27.1 Å². The number of benzene rings is 1. The minimum absolute atomic E-state index is 0.0551. The zero-order valence-corrected chi connectivity index (χ0v) is 15.4. The average molecular weight is 423 g/mol. The van der Waals surface area contributed by atoms with E-state index in [9.17, 15) is 22.0 Å². The number of alkyl halides is 5. The summed E-state index contributed by atoms with van der Waals surface area (Å²) >= 11 is 0. The molecular weight excluding hydrogens is 409 g/mol. The van der Waals surface area contributed by atoms with Gasteiger partial charge in [-0.05, 0) is 25.5 Å². The van der Waals surface area contributed by atoms with Crippen LogP contribution in [0.5, 0.6) is 0 Å². The minimum atomic E-state index is -5.69. The summed E-state index contributed by atoms with van der Waals surface area (Å²) < 4.78 is 69.5. The van der Waals surface area contributed by atoms with Crippen LogP contribution in [0.3, 0.4) is 0 Å². The topological polar surface area (TPSA) is 72.9 Å². The summed E-state index contributed by atoms with van der Waals surface area (Å²) in [4.78, 5) is 8.67. The predicted octanol–water partition coefficient (Wildman–Crippen LogP) is 4.08. The summed E-state index contributed by atoms with van der Waals surface area (Å²) in [5.41, 5.74) is 1.25. The Morgan fingerprint density at radius 3 is 2.63 bits per heavy atom. The molecule has 0 unspecified atom stereocenters. The molecule has 1 aliphatic rings. The van der Waals surface area contributed by atoms with Gasteiger partial charge in [0, 0.05) is 17.5 Å². The smallest absolute Gasteiger partial charge is 0.368 e. The number of hydrogen-bond acceptors (Lipinski definition) is 5. The van der Waals surface area contributed by atoms with Crippen LogP contribution in [0.15, 0.2) is 36.7 Å². The highest BCUT2D eigenvalue weighted by Gasteiger charge is 2.64. The molecule has 1 aromatic carbocycles. The Balaban J connectivity index is 1.63. The lowest BCUT2D eigenvalue weighted by Gasteiger charge is -2.35. The van der Waals surface area contributed by atoms with E-state index in [2.05, 4.69) is 25.5 Å². The summed E-state index contributed by atoms with van der Waals surface area (Å²) in [7, 11) is 0. The van der Waals surface area contributed by atoms with Gasteiger partial charge in [0.15, 0.2) is 5.65 Å². The quantitative estimate of drug-likeness (QED) is 0.492. The maximum atomic E-state index is 14.2. The number of para-hydroxylation sites is 1. The van der Waals surface area contributed by atoms with Gasteiger partial charge in [-0.3, -0.25) is 0 Å². The number of fused-ring (bicyclic) bond motifs is 4. The van der Waals surface area contributed by atoms with E-state index in [1.165, 1.54) is 23.8 Å². The number of halogens is 5. The predicted molar refractivity (Wildman–Crippen MR) is 97.2 cm³/mol. The first-order valence-corrected chi connectivity index (χ1v) is 9.06. The Kier molecular flexibility index (Phi) is 3.80. The maximum Gasteiger partial charge on any atom is 0.455 e. The maximum absolute atomic E-state index is 14.2. The van der Waals surface area contributed by atoms with Crippen molar-refractivity contribution in [1.82, 2.24) is 29.4 Å². The zero-order valence-electron chi connectivity index (χ0n) is 15.4. The molecular formula is C18H14F5N7. The SMILES string of the molecule is C[C@H]1C[C@@H](C(F)(F)C(F)(F)F)n2nc(-c3nc4c5ccccc5ncn4n3)cc2N1. The first-order valence-electron chi connectivity index (χ1n) is 9.06. The van der Waals surface area contributed by atoms with Crippen LogP contribution in [0.2, 0.25) is 0 Å². The zero-order chi connectivity index (χ0) is 21.3. The Morgan fingerprint density at radius 2 is 1.87 bits per heavy atom. The van der Waals surface area contributed by atoms with Gasteiger partial charge in [-0.15, -0.1) is 5.10 Å². The van der Waals surface area contributed by atoms with E-state index < -0.39 is 30.6 Å². The van der Waals surface area contributed by atoms with Crippen LogP contribution in [0.25, 0.3) is 28.1 Å². The largest absolute Gasteiger partial charge is 0.455 e. The van der Waals surface area contributed by atoms with Crippen molar-refractivity contribution < 1.29 is 22.0 Å². The molecule has 0 fully saturated rings. The van der Waals surface area contributed by atoms with Gasteiger partial charge in [0.2, 0.25) is 5.82 Å². The van der Waals surface area contributed by atoms with Crippen molar-refractivity contribution in [3.63, 3.8) is 0 Å². The molecule has 0 radical (unpaired) electrons. The molecule has 0 bridgehead atoms. The van der Waals surface area contributed by atoms with Crippen LogP contribution in [0, 0.1) is 0 Å². The van der Waals surface area contributed by atoms with Crippen molar-refractivity contribution in [1.29, 1.82) is 0 Å². The standard InChI is InChI=1S/C18H14F5N7/c1-9-6-13(17(19,20)18(21,22)23)30-14(25-9)7-12(27-30)15-26-16-10-4-2-3-5-11(10)24-8-29(16)28-15/h2-5,7-9,13,25H,6H2,1H3/t9-,13-/m0/s1. The average Bonchev–Trinajstić information content (AvgIpc) is 3.30. The summed E-state index contributed by atoms with van der Waals surface area (Å²) in [5.74, 6) is -4.79. The summed E-state index contributed by atoms with van der Waals surface area (Å²) in [6, 6.07) is 5.84. The van der Waals surface area contributed by atoms with E-state index in [4.69, 9.17) is 0 Å². The molecule has 7 nitrogen and oxygen atoms in total. The van der Waals surface area contributed by atoms with Gasteiger partial charge < -0.3 is 5.32 Å². The molecule has 0 spiro atoms. The molecule has 1 N–H and O–H groups in total. The van der Waals surface area contributed by atoms with Crippen molar-refractivity contribution in [3.05, 3.63) is 36.7 Å². The first kappa shape index (κ1) is 18.7. The number of hydrogen-bond donors (Lipinski definition) is 1. The molecule has 156 valence electrons. The molecule has 12 heteroatoms. The van der Waals surface area contributed by atoms with Crippen LogP contribution >= 0.6 is 0 Å². The number of aromatic nitrogens is 6. The van der Waals surface area contributed by atoms with Crippen molar-refractivity contribution in [2.45, 2.75) is 37.5 Å². The number of anilines is 1. The van der Waals surface area contributed by atoms with E-state index in [1.807, 2.05) is 12.1 Å². The molecule has 1 aliphatic heterocycles. The van der Waals surface area contributed by atoms with E-state index >= 15 is 0 Å². The fourth-order valence-electron chi connectivity index (χ4n) is 3.67. The van der Waals surface area contributed by atoms with Gasteiger partial charge in [0.1, 0.15) is 23.9 Å². The Labute approximate surface area is 165 Å². The van der Waals surface area contributed by atoms with Crippen molar-refractivity contribution >= 4 is 22.4 Å².